The lowest BCUT2D eigenvalue weighted by atomic mass is 10.3. The SMILES string of the molecule is CC(C)OCCCNC(=O)C(=O)Nc1ccc(N)cc1Cl. The van der Waals surface area contributed by atoms with Crippen LogP contribution in [-0.4, -0.2) is 31.1 Å². The van der Waals surface area contributed by atoms with Gasteiger partial charge in [0.05, 0.1) is 16.8 Å². The number of halogens is 1. The summed E-state index contributed by atoms with van der Waals surface area (Å²) in [7, 11) is 0. The number of nitrogens with two attached hydrogens (primary N) is 1. The Bertz CT molecular complexity index is 506. The molecule has 21 heavy (non-hydrogen) atoms. The molecule has 0 aliphatic carbocycles. The molecule has 6 nitrogen and oxygen atoms in total. The van der Waals surface area contributed by atoms with Crippen LogP contribution in [0.5, 0.6) is 0 Å². The van der Waals surface area contributed by atoms with E-state index in [2.05, 4.69) is 10.6 Å². The Labute approximate surface area is 129 Å². The summed E-state index contributed by atoms with van der Waals surface area (Å²) in [6.07, 6.45) is 0.788. The molecule has 0 radical (unpaired) electrons. The molecule has 1 aromatic rings. The van der Waals surface area contributed by atoms with E-state index < -0.39 is 11.8 Å². The number of nitrogens with one attached hydrogen (secondary N) is 2. The van der Waals surface area contributed by atoms with Crippen LogP contribution >= 0.6 is 11.6 Å². The maximum Gasteiger partial charge on any atom is 0.313 e. The number of nitrogen functional groups attached to an aromatic ring is 1. The maximum atomic E-state index is 11.7. The minimum atomic E-state index is -0.772. The summed E-state index contributed by atoms with van der Waals surface area (Å²) in [5.74, 6) is -1.49. The third-order valence-corrected chi connectivity index (χ3v) is 2.82. The molecule has 0 aromatic heterocycles. The first-order valence-corrected chi connectivity index (χ1v) is 7.03. The summed E-state index contributed by atoms with van der Waals surface area (Å²) >= 11 is 5.91. The third-order valence-electron chi connectivity index (χ3n) is 2.51. The van der Waals surface area contributed by atoms with E-state index in [9.17, 15) is 9.59 Å². The van der Waals surface area contributed by atoms with Crippen LogP contribution in [0.3, 0.4) is 0 Å². The van der Waals surface area contributed by atoms with Crippen LogP contribution in [0.1, 0.15) is 20.3 Å². The van der Waals surface area contributed by atoms with Gasteiger partial charge in [0.2, 0.25) is 0 Å². The van der Waals surface area contributed by atoms with E-state index >= 15 is 0 Å². The topological polar surface area (TPSA) is 93.4 Å². The van der Waals surface area contributed by atoms with Crippen LogP contribution in [0.4, 0.5) is 11.4 Å². The van der Waals surface area contributed by atoms with Gasteiger partial charge in [0, 0.05) is 18.8 Å². The number of hydrogen-bond acceptors (Lipinski definition) is 4. The Hall–Kier alpha value is -1.79. The molecule has 0 aliphatic heterocycles. The summed E-state index contributed by atoms with van der Waals surface area (Å²) < 4.78 is 5.33. The zero-order valence-corrected chi connectivity index (χ0v) is 12.9. The highest BCUT2D eigenvalue weighted by Crippen LogP contribution is 2.23. The Balaban J connectivity index is 2.36. The summed E-state index contributed by atoms with van der Waals surface area (Å²) in [5.41, 5.74) is 6.37. The first-order valence-electron chi connectivity index (χ1n) is 6.66. The summed E-state index contributed by atoms with van der Waals surface area (Å²) in [6, 6.07) is 4.63. The first kappa shape index (κ1) is 17.3. The molecule has 1 aromatic carbocycles. The van der Waals surface area contributed by atoms with Crippen molar-refractivity contribution in [2.24, 2.45) is 0 Å². The lowest BCUT2D eigenvalue weighted by Gasteiger charge is -2.09. The highest BCUT2D eigenvalue weighted by Gasteiger charge is 2.14. The molecule has 2 amide bonds. The highest BCUT2D eigenvalue weighted by atomic mass is 35.5. The molecular weight excluding hydrogens is 294 g/mol. The van der Waals surface area contributed by atoms with Crippen LogP contribution < -0.4 is 16.4 Å². The Morgan fingerprint density at radius 2 is 2.05 bits per heavy atom. The van der Waals surface area contributed by atoms with Gasteiger partial charge in [-0.15, -0.1) is 0 Å². The minimum absolute atomic E-state index is 0.150. The predicted octanol–water partition coefficient (Wildman–Crippen LogP) is 1.79. The van der Waals surface area contributed by atoms with Gasteiger partial charge in [-0.25, -0.2) is 0 Å². The normalized spacial score (nSPS) is 10.5. The quantitative estimate of drug-likeness (QED) is 0.424. The van der Waals surface area contributed by atoms with E-state index in [0.717, 1.165) is 0 Å². The molecule has 0 heterocycles. The van der Waals surface area contributed by atoms with Gasteiger partial charge < -0.3 is 21.1 Å². The second-order valence-corrected chi connectivity index (χ2v) is 5.13. The molecule has 0 unspecified atom stereocenters. The molecule has 0 fully saturated rings. The average Bonchev–Trinajstić information content (AvgIpc) is 2.40. The van der Waals surface area contributed by atoms with Gasteiger partial charge in [-0.1, -0.05) is 11.6 Å². The van der Waals surface area contributed by atoms with Crippen molar-refractivity contribution in [2.75, 3.05) is 24.2 Å². The lowest BCUT2D eigenvalue weighted by Crippen LogP contribution is -2.36. The van der Waals surface area contributed by atoms with Gasteiger partial charge in [0.25, 0.3) is 0 Å². The molecule has 0 spiro atoms. The lowest BCUT2D eigenvalue weighted by molar-refractivity contribution is -0.136. The molecule has 4 N–H and O–H groups in total. The van der Waals surface area contributed by atoms with Crippen molar-refractivity contribution in [3.05, 3.63) is 23.2 Å². The molecule has 0 bridgehead atoms. The van der Waals surface area contributed by atoms with Crippen molar-refractivity contribution in [3.8, 4) is 0 Å². The highest BCUT2D eigenvalue weighted by molar-refractivity contribution is 6.41. The van der Waals surface area contributed by atoms with E-state index in [1.54, 1.807) is 12.1 Å². The molecule has 1 rings (SSSR count). The number of carbonyl (C=O) groups is 2. The Morgan fingerprint density at radius 1 is 1.33 bits per heavy atom. The molecular formula is C14H20ClN3O3. The second-order valence-electron chi connectivity index (χ2n) is 4.72. The number of ether oxygens (including phenoxy) is 1. The van der Waals surface area contributed by atoms with E-state index in [0.29, 0.717) is 30.9 Å². The second kappa shape index (κ2) is 8.49. The fourth-order valence-corrected chi connectivity index (χ4v) is 1.72. The summed E-state index contributed by atoms with van der Waals surface area (Å²) in [5, 5.41) is 5.21. The van der Waals surface area contributed by atoms with Gasteiger partial charge in [-0.3, -0.25) is 9.59 Å². The predicted molar refractivity (Wildman–Crippen MR) is 83.2 cm³/mol. The van der Waals surface area contributed by atoms with Crippen LogP contribution in [-0.2, 0) is 14.3 Å². The van der Waals surface area contributed by atoms with E-state index in [1.165, 1.54) is 6.07 Å². The van der Waals surface area contributed by atoms with E-state index in [-0.39, 0.29) is 11.1 Å². The maximum absolute atomic E-state index is 11.7. The molecule has 0 atom stereocenters. The number of benzene rings is 1. The van der Waals surface area contributed by atoms with Crippen molar-refractivity contribution >= 4 is 34.8 Å². The largest absolute Gasteiger partial charge is 0.399 e. The van der Waals surface area contributed by atoms with Gasteiger partial charge in [0.1, 0.15) is 0 Å². The zero-order chi connectivity index (χ0) is 15.8. The van der Waals surface area contributed by atoms with Crippen molar-refractivity contribution in [1.82, 2.24) is 5.32 Å². The average molecular weight is 314 g/mol. The summed E-state index contributed by atoms with van der Waals surface area (Å²) in [4.78, 5) is 23.3. The van der Waals surface area contributed by atoms with Gasteiger partial charge in [-0.2, -0.15) is 0 Å². The monoisotopic (exact) mass is 313 g/mol. The standard InChI is InChI=1S/C14H20ClN3O3/c1-9(2)21-7-3-6-17-13(19)14(20)18-12-5-4-10(16)8-11(12)15/h4-5,8-9H,3,6-7,16H2,1-2H3,(H,17,19)(H,18,20). The van der Waals surface area contributed by atoms with Crippen LogP contribution in [0.25, 0.3) is 0 Å². The smallest absolute Gasteiger partial charge is 0.313 e. The number of hydrogen-bond donors (Lipinski definition) is 3. The van der Waals surface area contributed by atoms with Crippen molar-refractivity contribution in [2.45, 2.75) is 26.4 Å². The zero-order valence-electron chi connectivity index (χ0n) is 12.1. The van der Waals surface area contributed by atoms with Crippen molar-refractivity contribution in [3.63, 3.8) is 0 Å². The minimum Gasteiger partial charge on any atom is -0.399 e. The van der Waals surface area contributed by atoms with E-state index in [4.69, 9.17) is 22.1 Å². The van der Waals surface area contributed by atoms with Gasteiger partial charge in [-0.05, 0) is 38.5 Å². The fourth-order valence-electron chi connectivity index (χ4n) is 1.49. The van der Waals surface area contributed by atoms with Crippen LogP contribution in [0, 0.1) is 0 Å². The molecule has 116 valence electrons. The van der Waals surface area contributed by atoms with Crippen molar-refractivity contribution < 1.29 is 14.3 Å². The third kappa shape index (κ3) is 6.46. The number of anilines is 2. The summed E-state index contributed by atoms with van der Waals surface area (Å²) in [6.45, 7) is 4.77. The molecule has 0 saturated heterocycles. The Morgan fingerprint density at radius 3 is 2.67 bits per heavy atom. The molecule has 0 aliphatic rings. The van der Waals surface area contributed by atoms with Crippen LogP contribution in [0.15, 0.2) is 18.2 Å². The van der Waals surface area contributed by atoms with Gasteiger partial charge in [0.15, 0.2) is 0 Å². The molecule has 0 saturated carbocycles. The van der Waals surface area contributed by atoms with Gasteiger partial charge >= 0.3 is 11.8 Å². The van der Waals surface area contributed by atoms with E-state index in [1.807, 2.05) is 13.8 Å². The fraction of sp³-hybridized carbons (Fsp3) is 0.429. The Kier molecular flexibility index (Phi) is 6.98. The number of rotatable bonds is 6. The van der Waals surface area contributed by atoms with Crippen molar-refractivity contribution in [1.29, 1.82) is 0 Å². The number of carbonyl (C=O) groups excluding carboxylic acids is 2. The number of amides is 2. The molecule has 7 heteroatoms. The van der Waals surface area contributed by atoms with Crippen LogP contribution in [0.2, 0.25) is 5.02 Å². The first-order chi connectivity index (χ1) is 9.90.